The zero-order valence-electron chi connectivity index (χ0n) is 11.5. The van der Waals surface area contributed by atoms with Crippen LogP contribution in [-0.2, 0) is 16.1 Å². The number of fused-ring (bicyclic) bond motifs is 1. The van der Waals surface area contributed by atoms with Crippen LogP contribution in [0.25, 0.3) is 0 Å². The van der Waals surface area contributed by atoms with E-state index in [0.717, 1.165) is 0 Å². The Morgan fingerprint density at radius 3 is 2.81 bits per heavy atom. The summed E-state index contributed by atoms with van der Waals surface area (Å²) in [5.41, 5.74) is 0.738. The van der Waals surface area contributed by atoms with Gasteiger partial charge >= 0.3 is 0 Å². The second kappa shape index (κ2) is 5.50. The second-order valence-corrected chi connectivity index (χ2v) is 6.07. The van der Waals surface area contributed by atoms with Crippen molar-refractivity contribution < 1.29 is 19.3 Å². The first-order valence-electron chi connectivity index (χ1n) is 6.63. The van der Waals surface area contributed by atoms with Crippen LogP contribution in [0.15, 0.2) is 41.9 Å². The molecule has 21 heavy (non-hydrogen) atoms. The monoisotopic (exact) mass is 305 g/mol. The molecule has 0 aliphatic carbocycles. The van der Waals surface area contributed by atoms with Crippen LogP contribution in [-0.4, -0.2) is 41.0 Å². The summed E-state index contributed by atoms with van der Waals surface area (Å²) < 4.78 is 1.89. The van der Waals surface area contributed by atoms with E-state index in [1.54, 1.807) is 18.8 Å². The fraction of sp³-hybridized carbons (Fsp3) is 0.357. The van der Waals surface area contributed by atoms with E-state index >= 15 is 0 Å². The highest BCUT2D eigenvalue weighted by molar-refractivity contribution is 8.00. The van der Waals surface area contributed by atoms with Crippen molar-refractivity contribution >= 4 is 23.6 Å². The van der Waals surface area contributed by atoms with E-state index < -0.39 is 5.97 Å². The molecule has 6 nitrogen and oxygen atoms in total. The number of aliphatic carboxylic acids is 1. The molecule has 0 radical (unpaired) electrons. The van der Waals surface area contributed by atoms with Crippen LogP contribution < -0.4 is 15.0 Å². The van der Waals surface area contributed by atoms with Crippen LogP contribution in [0.1, 0.15) is 0 Å². The summed E-state index contributed by atoms with van der Waals surface area (Å²) >= 11 is 1.58. The number of carbonyl (C=O) groups excluding carboxylic acids is 2. The number of nitrogens with zero attached hydrogens (tertiary/aromatic N) is 2. The molecule has 1 fully saturated rings. The van der Waals surface area contributed by atoms with Gasteiger partial charge in [0.2, 0.25) is 5.91 Å². The third-order valence-electron chi connectivity index (χ3n) is 3.70. The molecule has 1 saturated heterocycles. The van der Waals surface area contributed by atoms with E-state index in [2.05, 4.69) is 5.32 Å². The van der Waals surface area contributed by atoms with Crippen molar-refractivity contribution in [2.24, 2.45) is 0 Å². The number of hydrogen-bond acceptors (Lipinski definition) is 5. The lowest BCUT2D eigenvalue weighted by Crippen LogP contribution is -2.70. The minimum atomic E-state index is -1.28. The lowest BCUT2D eigenvalue weighted by molar-refractivity contribution is -0.689. The molecule has 2 aliphatic rings. The summed E-state index contributed by atoms with van der Waals surface area (Å²) in [5.74, 6) is -0.906. The van der Waals surface area contributed by atoms with Gasteiger partial charge in [-0.2, -0.15) is 0 Å². The molecule has 0 spiro atoms. The highest BCUT2D eigenvalue weighted by Gasteiger charge is 2.51. The van der Waals surface area contributed by atoms with Gasteiger partial charge in [0.15, 0.2) is 18.9 Å². The molecular weight excluding hydrogens is 290 g/mol. The first-order chi connectivity index (χ1) is 10.1. The number of carboxylic acid groups (broad SMARTS) is 1. The number of rotatable bonds is 4. The van der Waals surface area contributed by atoms with Gasteiger partial charge < -0.3 is 15.2 Å². The number of nitrogens with one attached hydrogen (secondary N) is 1. The van der Waals surface area contributed by atoms with Gasteiger partial charge in [-0.1, -0.05) is 6.07 Å². The Labute approximate surface area is 126 Å². The molecule has 1 N–H and O–H groups in total. The average molecular weight is 305 g/mol. The second-order valence-electron chi connectivity index (χ2n) is 4.96. The van der Waals surface area contributed by atoms with Crippen LogP contribution in [0.3, 0.4) is 0 Å². The Hall–Kier alpha value is -1.86. The highest BCUT2D eigenvalue weighted by Crippen LogP contribution is 2.39. The molecule has 2 aliphatic heterocycles. The highest BCUT2D eigenvalue weighted by atomic mass is 32.2. The molecule has 110 valence electrons. The van der Waals surface area contributed by atoms with Crippen molar-refractivity contribution in [3.05, 3.63) is 41.9 Å². The molecule has 3 heterocycles. The number of pyridine rings is 1. The van der Waals surface area contributed by atoms with Crippen LogP contribution in [0.4, 0.5) is 0 Å². The van der Waals surface area contributed by atoms with Gasteiger partial charge in [-0.05, 0) is 7.05 Å². The summed E-state index contributed by atoms with van der Waals surface area (Å²) in [7, 11) is 1.71. The van der Waals surface area contributed by atoms with Crippen molar-refractivity contribution in [3.8, 4) is 0 Å². The summed E-state index contributed by atoms with van der Waals surface area (Å²) in [4.78, 5) is 24.9. The van der Waals surface area contributed by atoms with E-state index in [0.29, 0.717) is 17.9 Å². The zero-order chi connectivity index (χ0) is 15.0. The number of β-lactam (4-membered cyclic amide) rings is 1. The molecular formula is C14H15N3O3S. The smallest absolute Gasteiger partial charge is 0.248 e. The summed E-state index contributed by atoms with van der Waals surface area (Å²) in [6.45, 7) is 0.442. The summed E-state index contributed by atoms with van der Waals surface area (Å²) in [6, 6.07) is 5.34. The van der Waals surface area contributed by atoms with Crippen LogP contribution in [0.5, 0.6) is 0 Å². The maximum atomic E-state index is 12.1. The van der Waals surface area contributed by atoms with E-state index in [-0.39, 0.29) is 23.0 Å². The fourth-order valence-corrected chi connectivity index (χ4v) is 4.09. The largest absolute Gasteiger partial charge is 0.543 e. The third-order valence-corrected chi connectivity index (χ3v) is 5.04. The quantitative estimate of drug-likeness (QED) is 0.540. The number of likely N-dealkylation sites (N-methyl/N-ethyl adjacent to an activating group) is 1. The summed E-state index contributed by atoms with van der Waals surface area (Å²) in [6.07, 6.45) is 3.73. The molecule has 0 saturated carbocycles. The van der Waals surface area contributed by atoms with Gasteiger partial charge in [0.05, 0.1) is 11.7 Å². The number of carboxylic acids is 1. The molecule has 2 unspecified atom stereocenters. The Morgan fingerprint density at radius 2 is 2.19 bits per heavy atom. The third kappa shape index (κ3) is 2.32. The van der Waals surface area contributed by atoms with Crippen LogP contribution in [0, 0.1) is 0 Å². The van der Waals surface area contributed by atoms with Gasteiger partial charge in [0.1, 0.15) is 11.4 Å². The van der Waals surface area contributed by atoms with Crippen molar-refractivity contribution in [1.29, 1.82) is 0 Å². The minimum absolute atomic E-state index is 0.0339. The standard InChI is InChI=1S/C14H15N3O3S/c1-15-10-12(18)17-11(14(19)20)9(8-21-13(10)17)7-16-5-3-2-4-6-16/h2-6,10,13,15H,7-8H2,1H3. The van der Waals surface area contributed by atoms with Gasteiger partial charge in [-0.25, -0.2) is 4.57 Å². The van der Waals surface area contributed by atoms with Gasteiger partial charge in [0, 0.05) is 23.5 Å². The SMILES string of the molecule is CNC1C(=O)N2C(C(=O)[O-])=C(C[n+]3ccccc3)CSC12. The minimum Gasteiger partial charge on any atom is -0.543 e. The molecule has 0 bridgehead atoms. The van der Waals surface area contributed by atoms with E-state index in [4.69, 9.17) is 0 Å². The van der Waals surface area contributed by atoms with Crippen molar-refractivity contribution in [2.45, 2.75) is 18.0 Å². The maximum Gasteiger partial charge on any atom is 0.248 e. The van der Waals surface area contributed by atoms with Crippen LogP contribution >= 0.6 is 11.8 Å². The molecule has 2 atom stereocenters. The predicted molar refractivity (Wildman–Crippen MR) is 74.6 cm³/mol. The van der Waals surface area contributed by atoms with E-state index in [1.807, 2.05) is 35.2 Å². The lowest BCUT2D eigenvalue weighted by Gasteiger charge is -2.50. The molecule has 1 amide bonds. The normalized spacial score (nSPS) is 24.6. The number of amides is 1. The number of thioether (sulfide) groups is 1. The molecule has 1 aromatic heterocycles. The van der Waals surface area contributed by atoms with Gasteiger partial charge in [-0.3, -0.25) is 9.69 Å². The number of aromatic nitrogens is 1. The van der Waals surface area contributed by atoms with Gasteiger partial charge in [0.25, 0.3) is 0 Å². The molecule has 7 heteroatoms. The number of hydrogen-bond donors (Lipinski definition) is 1. The Balaban J connectivity index is 1.92. The Morgan fingerprint density at radius 1 is 1.48 bits per heavy atom. The lowest BCUT2D eigenvalue weighted by atomic mass is 10.0. The van der Waals surface area contributed by atoms with Crippen molar-refractivity contribution in [1.82, 2.24) is 10.2 Å². The topological polar surface area (TPSA) is 76.3 Å². The Bertz CT molecular complexity index is 617. The van der Waals surface area contributed by atoms with Gasteiger partial charge in [-0.15, -0.1) is 11.8 Å². The first kappa shape index (κ1) is 14.1. The van der Waals surface area contributed by atoms with Crippen LogP contribution in [0.2, 0.25) is 0 Å². The predicted octanol–water partition coefficient (Wildman–Crippen LogP) is -1.52. The van der Waals surface area contributed by atoms with Crippen molar-refractivity contribution in [3.63, 3.8) is 0 Å². The van der Waals surface area contributed by atoms with Crippen molar-refractivity contribution in [2.75, 3.05) is 12.8 Å². The molecule has 1 aromatic rings. The first-order valence-corrected chi connectivity index (χ1v) is 7.67. The Kier molecular flexibility index (Phi) is 3.69. The molecule has 0 aromatic carbocycles. The van der Waals surface area contributed by atoms with E-state index in [1.165, 1.54) is 4.90 Å². The average Bonchev–Trinajstić information content (AvgIpc) is 2.48. The maximum absolute atomic E-state index is 12.1. The molecule has 3 rings (SSSR count). The fourth-order valence-electron chi connectivity index (χ4n) is 2.69. The number of carbonyl (C=O) groups is 2. The zero-order valence-corrected chi connectivity index (χ0v) is 12.3. The van der Waals surface area contributed by atoms with E-state index in [9.17, 15) is 14.7 Å². The summed E-state index contributed by atoms with van der Waals surface area (Å²) in [5, 5.41) is 14.3.